The van der Waals surface area contributed by atoms with Crippen LogP contribution in [-0.2, 0) is 11.3 Å². The lowest BCUT2D eigenvalue weighted by Crippen LogP contribution is -2.08. The molecule has 0 fully saturated rings. The number of esters is 1. The van der Waals surface area contributed by atoms with Gasteiger partial charge in [-0.3, -0.25) is 4.68 Å². The number of aryl methyl sites for hydroxylation is 1. The van der Waals surface area contributed by atoms with E-state index in [9.17, 15) is 4.79 Å². The van der Waals surface area contributed by atoms with Gasteiger partial charge in [0.25, 0.3) is 0 Å². The average molecular weight is 276 g/mol. The monoisotopic (exact) mass is 276 g/mol. The molecule has 0 bridgehead atoms. The number of pyridine rings is 1. The fourth-order valence-corrected chi connectivity index (χ4v) is 1.59. The van der Waals surface area contributed by atoms with Gasteiger partial charge in [-0.2, -0.15) is 5.10 Å². The number of nitrogens with zero attached hydrogens (tertiary/aromatic N) is 3. The number of ether oxygens (including phenoxy) is 2. The predicted molar refractivity (Wildman–Crippen MR) is 72.6 cm³/mol. The van der Waals surface area contributed by atoms with Crippen LogP contribution in [0.3, 0.4) is 0 Å². The molecule has 2 aromatic rings. The van der Waals surface area contributed by atoms with Gasteiger partial charge in [0.2, 0.25) is 5.88 Å². The maximum atomic E-state index is 11.9. The van der Waals surface area contributed by atoms with Crippen LogP contribution in [0, 0.1) is 0 Å². The third-order valence-electron chi connectivity index (χ3n) is 2.52. The molecule has 0 aliphatic rings. The van der Waals surface area contributed by atoms with Crippen molar-refractivity contribution in [2.24, 2.45) is 0 Å². The van der Waals surface area contributed by atoms with Crippen LogP contribution in [0.2, 0.25) is 0 Å². The third kappa shape index (κ3) is 3.05. The number of hydrogen-bond donors (Lipinski definition) is 1. The molecule has 0 atom stereocenters. The molecule has 7 heteroatoms. The second-order valence-electron chi connectivity index (χ2n) is 3.98. The Hall–Kier alpha value is -2.57. The fraction of sp³-hybridized carbons (Fsp3) is 0.308. The molecule has 2 rings (SSSR count). The van der Waals surface area contributed by atoms with E-state index >= 15 is 0 Å². The fourth-order valence-electron chi connectivity index (χ4n) is 1.59. The van der Waals surface area contributed by atoms with Crippen LogP contribution < -0.4 is 10.5 Å². The summed E-state index contributed by atoms with van der Waals surface area (Å²) in [5.41, 5.74) is 6.19. The summed E-state index contributed by atoms with van der Waals surface area (Å²) in [6, 6.07) is 1.48. The first-order valence-electron chi connectivity index (χ1n) is 6.27. The standard InChI is InChI=1S/C13H16N4O3/c1-3-17-8-10(7-16-17)20-12-11(13(18)19-4-2)5-9(14)6-15-12/h5-8H,3-4,14H2,1-2H3. The van der Waals surface area contributed by atoms with Crippen LogP contribution in [0.25, 0.3) is 0 Å². The molecule has 2 N–H and O–H groups in total. The Morgan fingerprint density at radius 1 is 1.40 bits per heavy atom. The number of rotatable bonds is 5. The largest absolute Gasteiger partial charge is 0.462 e. The van der Waals surface area contributed by atoms with Crippen LogP contribution in [0.15, 0.2) is 24.7 Å². The van der Waals surface area contributed by atoms with Gasteiger partial charge < -0.3 is 15.2 Å². The Kier molecular flexibility index (Phi) is 4.19. The second-order valence-corrected chi connectivity index (χ2v) is 3.98. The Balaban J connectivity index is 2.28. The first kappa shape index (κ1) is 13.9. The van der Waals surface area contributed by atoms with Crippen molar-refractivity contribution >= 4 is 11.7 Å². The van der Waals surface area contributed by atoms with E-state index in [-0.39, 0.29) is 18.1 Å². The average Bonchev–Trinajstić information content (AvgIpc) is 2.89. The Morgan fingerprint density at radius 2 is 2.20 bits per heavy atom. The van der Waals surface area contributed by atoms with Crippen LogP contribution in [0.5, 0.6) is 11.6 Å². The molecule has 0 aromatic carbocycles. The van der Waals surface area contributed by atoms with E-state index in [4.69, 9.17) is 15.2 Å². The minimum Gasteiger partial charge on any atom is -0.462 e. The zero-order valence-electron chi connectivity index (χ0n) is 11.4. The van der Waals surface area contributed by atoms with Crippen LogP contribution in [0.4, 0.5) is 5.69 Å². The SMILES string of the molecule is CCOC(=O)c1cc(N)cnc1Oc1cnn(CC)c1. The number of carbonyl (C=O) groups excluding carboxylic acids is 1. The molecule has 0 unspecified atom stereocenters. The number of nitrogen functional groups attached to an aromatic ring is 1. The zero-order chi connectivity index (χ0) is 14.5. The van der Waals surface area contributed by atoms with Crippen LogP contribution in [0.1, 0.15) is 24.2 Å². The molecule has 0 spiro atoms. The molecule has 106 valence electrons. The molecule has 0 saturated heterocycles. The van der Waals surface area contributed by atoms with E-state index in [1.54, 1.807) is 24.0 Å². The van der Waals surface area contributed by atoms with Gasteiger partial charge in [0.05, 0.1) is 30.9 Å². The van der Waals surface area contributed by atoms with Crippen molar-refractivity contribution in [3.63, 3.8) is 0 Å². The second kappa shape index (κ2) is 6.05. The summed E-state index contributed by atoms with van der Waals surface area (Å²) in [5, 5.41) is 4.08. The number of nitrogens with two attached hydrogens (primary N) is 1. The van der Waals surface area contributed by atoms with Gasteiger partial charge in [0.1, 0.15) is 5.56 Å². The summed E-state index contributed by atoms with van der Waals surface area (Å²) in [6.45, 7) is 4.68. The van der Waals surface area contributed by atoms with Crippen molar-refractivity contribution in [3.05, 3.63) is 30.2 Å². The Bertz CT molecular complexity index is 609. The minimum atomic E-state index is -0.523. The molecule has 7 nitrogen and oxygen atoms in total. The molecule has 0 amide bonds. The summed E-state index contributed by atoms with van der Waals surface area (Å²) in [5.74, 6) is 0.119. The minimum absolute atomic E-state index is 0.147. The predicted octanol–water partition coefficient (Wildman–Crippen LogP) is 1.85. The summed E-state index contributed by atoms with van der Waals surface area (Å²) in [4.78, 5) is 15.9. The number of aromatic nitrogens is 3. The normalized spacial score (nSPS) is 10.3. The lowest BCUT2D eigenvalue weighted by atomic mass is 10.2. The summed E-state index contributed by atoms with van der Waals surface area (Å²) < 4.78 is 12.2. The van der Waals surface area contributed by atoms with E-state index in [0.717, 1.165) is 6.54 Å². The summed E-state index contributed by atoms with van der Waals surface area (Å²) >= 11 is 0. The maximum Gasteiger partial charge on any atom is 0.343 e. The molecule has 0 aliphatic carbocycles. The number of hydrogen-bond acceptors (Lipinski definition) is 6. The number of carbonyl (C=O) groups is 1. The third-order valence-corrected chi connectivity index (χ3v) is 2.52. The highest BCUT2D eigenvalue weighted by atomic mass is 16.5. The van der Waals surface area contributed by atoms with Crippen molar-refractivity contribution in [1.29, 1.82) is 0 Å². The first-order chi connectivity index (χ1) is 9.63. The van der Waals surface area contributed by atoms with E-state index < -0.39 is 5.97 Å². The number of anilines is 1. The zero-order valence-corrected chi connectivity index (χ0v) is 11.4. The van der Waals surface area contributed by atoms with Gasteiger partial charge in [-0.05, 0) is 19.9 Å². The van der Waals surface area contributed by atoms with Crippen LogP contribution >= 0.6 is 0 Å². The van der Waals surface area contributed by atoms with E-state index in [2.05, 4.69) is 10.1 Å². The molecule has 0 aliphatic heterocycles. The van der Waals surface area contributed by atoms with Gasteiger partial charge in [-0.1, -0.05) is 0 Å². The molecule has 2 heterocycles. The summed E-state index contributed by atoms with van der Waals surface area (Å²) in [7, 11) is 0. The highest BCUT2D eigenvalue weighted by molar-refractivity contribution is 5.92. The molecule has 0 saturated carbocycles. The molecular weight excluding hydrogens is 260 g/mol. The van der Waals surface area contributed by atoms with Crippen molar-refractivity contribution in [1.82, 2.24) is 14.8 Å². The van der Waals surface area contributed by atoms with Gasteiger partial charge in [-0.25, -0.2) is 9.78 Å². The molecule has 2 aromatic heterocycles. The van der Waals surface area contributed by atoms with E-state index in [1.165, 1.54) is 12.3 Å². The van der Waals surface area contributed by atoms with Crippen LogP contribution in [-0.4, -0.2) is 27.3 Å². The van der Waals surface area contributed by atoms with E-state index in [0.29, 0.717) is 11.4 Å². The summed E-state index contributed by atoms with van der Waals surface area (Å²) in [6.07, 6.45) is 4.69. The van der Waals surface area contributed by atoms with E-state index in [1.807, 2.05) is 6.92 Å². The smallest absolute Gasteiger partial charge is 0.343 e. The Morgan fingerprint density at radius 3 is 2.85 bits per heavy atom. The van der Waals surface area contributed by atoms with Gasteiger partial charge in [0, 0.05) is 6.54 Å². The van der Waals surface area contributed by atoms with Gasteiger partial charge in [0.15, 0.2) is 5.75 Å². The lowest BCUT2D eigenvalue weighted by Gasteiger charge is -2.08. The van der Waals surface area contributed by atoms with Crippen molar-refractivity contribution in [2.45, 2.75) is 20.4 Å². The lowest BCUT2D eigenvalue weighted by molar-refractivity contribution is 0.0523. The van der Waals surface area contributed by atoms with Crippen molar-refractivity contribution in [2.75, 3.05) is 12.3 Å². The quantitative estimate of drug-likeness (QED) is 0.838. The topological polar surface area (TPSA) is 92.3 Å². The maximum absolute atomic E-state index is 11.9. The first-order valence-corrected chi connectivity index (χ1v) is 6.27. The molecule has 20 heavy (non-hydrogen) atoms. The van der Waals surface area contributed by atoms with Gasteiger partial charge >= 0.3 is 5.97 Å². The highest BCUT2D eigenvalue weighted by Crippen LogP contribution is 2.24. The van der Waals surface area contributed by atoms with Crippen molar-refractivity contribution in [3.8, 4) is 11.6 Å². The highest BCUT2D eigenvalue weighted by Gasteiger charge is 2.17. The van der Waals surface area contributed by atoms with Gasteiger partial charge in [-0.15, -0.1) is 0 Å². The molecule has 0 radical (unpaired) electrons. The van der Waals surface area contributed by atoms with Crippen molar-refractivity contribution < 1.29 is 14.3 Å². The Labute approximate surface area is 116 Å². The molecular formula is C13H16N4O3.